The molecule has 3 rings (SSSR count). The van der Waals surface area contributed by atoms with Gasteiger partial charge in [0.2, 0.25) is 0 Å². The Morgan fingerprint density at radius 2 is 2.25 bits per heavy atom. The minimum Gasteiger partial charge on any atom is -0.491 e. The molecule has 128 valence electrons. The molecular formula is C18H24N4O2. The molecule has 1 N–H and O–H groups in total. The van der Waals surface area contributed by atoms with E-state index in [1.54, 1.807) is 0 Å². The highest BCUT2D eigenvalue weighted by atomic mass is 16.5. The highest BCUT2D eigenvalue weighted by molar-refractivity contribution is 5.66. The molecule has 6 heteroatoms. The fourth-order valence-electron chi connectivity index (χ4n) is 2.68. The third kappa shape index (κ3) is 4.21. The Morgan fingerprint density at radius 1 is 1.38 bits per heavy atom. The van der Waals surface area contributed by atoms with Gasteiger partial charge in [0.1, 0.15) is 5.75 Å². The second-order valence-corrected chi connectivity index (χ2v) is 6.26. The van der Waals surface area contributed by atoms with Crippen molar-refractivity contribution in [1.82, 2.24) is 20.4 Å². The molecule has 2 aromatic rings. The average Bonchev–Trinajstić information content (AvgIpc) is 3.02. The maximum atomic E-state index is 5.70. The van der Waals surface area contributed by atoms with Gasteiger partial charge in [0.25, 0.3) is 5.89 Å². The predicted octanol–water partition coefficient (Wildman–Crippen LogP) is 2.60. The van der Waals surface area contributed by atoms with Crippen molar-refractivity contribution in [3.63, 3.8) is 0 Å². The van der Waals surface area contributed by atoms with E-state index in [0.717, 1.165) is 36.8 Å². The predicted molar refractivity (Wildman–Crippen MR) is 93.7 cm³/mol. The molecule has 0 spiro atoms. The first kappa shape index (κ1) is 16.7. The van der Waals surface area contributed by atoms with Crippen LogP contribution in [0.1, 0.15) is 37.2 Å². The molecule has 1 aromatic heterocycles. The molecule has 2 heterocycles. The van der Waals surface area contributed by atoms with Gasteiger partial charge in [-0.3, -0.25) is 4.90 Å². The molecule has 24 heavy (non-hydrogen) atoms. The van der Waals surface area contributed by atoms with Crippen LogP contribution in [0.2, 0.25) is 0 Å². The number of aromatic nitrogens is 2. The maximum Gasteiger partial charge on any atom is 0.250 e. The van der Waals surface area contributed by atoms with Crippen molar-refractivity contribution in [3.05, 3.63) is 41.5 Å². The zero-order valence-corrected chi connectivity index (χ0v) is 14.4. The molecule has 0 aliphatic carbocycles. The maximum absolute atomic E-state index is 5.70. The fraction of sp³-hybridized carbons (Fsp3) is 0.444. The molecule has 1 fully saturated rings. The van der Waals surface area contributed by atoms with E-state index in [9.17, 15) is 0 Å². The number of benzene rings is 1. The van der Waals surface area contributed by atoms with E-state index in [1.807, 2.05) is 50.3 Å². The van der Waals surface area contributed by atoms with Crippen molar-refractivity contribution in [2.24, 2.45) is 0 Å². The SMILES string of the molecule is CC(C)Oc1cccc(/C=C/c2nc(C3CNCCN3C)no2)c1. The lowest BCUT2D eigenvalue weighted by atomic mass is 10.2. The van der Waals surface area contributed by atoms with Crippen molar-refractivity contribution < 1.29 is 9.26 Å². The minimum atomic E-state index is 0.156. The van der Waals surface area contributed by atoms with Crippen LogP contribution in [0.3, 0.4) is 0 Å². The first-order valence-electron chi connectivity index (χ1n) is 8.31. The third-order valence-electron chi connectivity index (χ3n) is 3.91. The van der Waals surface area contributed by atoms with Gasteiger partial charge in [-0.05, 0) is 44.7 Å². The van der Waals surface area contributed by atoms with Gasteiger partial charge in [0.05, 0.1) is 12.1 Å². The number of nitrogens with zero attached hydrogens (tertiary/aromatic N) is 3. The van der Waals surface area contributed by atoms with Crippen molar-refractivity contribution in [2.45, 2.75) is 26.0 Å². The molecule has 6 nitrogen and oxygen atoms in total. The molecule has 1 atom stereocenters. The largest absolute Gasteiger partial charge is 0.491 e. The zero-order valence-electron chi connectivity index (χ0n) is 14.4. The Kier molecular flexibility index (Phi) is 5.27. The highest BCUT2D eigenvalue weighted by Gasteiger charge is 2.24. The summed E-state index contributed by atoms with van der Waals surface area (Å²) >= 11 is 0. The lowest BCUT2D eigenvalue weighted by Crippen LogP contribution is -2.44. The normalized spacial score (nSPS) is 19.2. The molecule has 1 saturated heterocycles. The third-order valence-corrected chi connectivity index (χ3v) is 3.91. The molecule has 1 aromatic carbocycles. The Labute approximate surface area is 142 Å². The quantitative estimate of drug-likeness (QED) is 0.910. The average molecular weight is 328 g/mol. The number of hydrogen-bond donors (Lipinski definition) is 1. The van der Waals surface area contributed by atoms with E-state index in [2.05, 4.69) is 27.4 Å². The van der Waals surface area contributed by atoms with E-state index in [1.165, 1.54) is 0 Å². The van der Waals surface area contributed by atoms with Gasteiger partial charge in [-0.15, -0.1) is 0 Å². The summed E-state index contributed by atoms with van der Waals surface area (Å²) in [6, 6.07) is 8.09. The number of ether oxygens (including phenoxy) is 1. The summed E-state index contributed by atoms with van der Waals surface area (Å²) in [7, 11) is 2.08. The van der Waals surface area contributed by atoms with Crippen LogP contribution < -0.4 is 10.1 Å². The lowest BCUT2D eigenvalue weighted by molar-refractivity contribution is 0.190. The molecule has 1 aliphatic heterocycles. The summed E-state index contributed by atoms with van der Waals surface area (Å²) in [5.41, 5.74) is 1.03. The summed E-state index contributed by atoms with van der Waals surface area (Å²) in [6.07, 6.45) is 3.94. The van der Waals surface area contributed by atoms with Gasteiger partial charge in [-0.1, -0.05) is 17.3 Å². The lowest BCUT2D eigenvalue weighted by Gasteiger charge is -2.30. The van der Waals surface area contributed by atoms with E-state index in [-0.39, 0.29) is 12.1 Å². The number of likely N-dealkylation sites (N-methyl/N-ethyl adjacent to an activating group) is 1. The van der Waals surface area contributed by atoms with Crippen LogP contribution in [0, 0.1) is 0 Å². The number of hydrogen-bond acceptors (Lipinski definition) is 6. The monoisotopic (exact) mass is 328 g/mol. The standard InChI is InChI=1S/C18H24N4O2/c1-13(2)23-15-6-4-5-14(11-15)7-8-17-20-18(21-24-17)16-12-19-9-10-22(16)3/h4-8,11,13,16,19H,9-10,12H2,1-3H3/b8-7+. The Bertz CT molecular complexity index is 696. The molecule has 0 saturated carbocycles. The Balaban J connectivity index is 1.69. The van der Waals surface area contributed by atoms with Crippen LogP contribution >= 0.6 is 0 Å². The molecule has 0 bridgehead atoms. The van der Waals surface area contributed by atoms with E-state index in [0.29, 0.717) is 5.89 Å². The molecular weight excluding hydrogens is 304 g/mol. The fourth-order valence-corrected chi connectivity index (χ4v) is 2.68. The van der Waals surface area contributed by atoms with Crippen LogP contribution in [0.15, 0.2) is 28.8 Å². The van der Waals surface area contributed by atoms with Crippen molar-refractivity contribution >= 4 is 12.2 Å². The van der Waals surface area contributed by atoms with E-state index >= 15 is 0 Å². The van der Waals surface area contributed by atoms with Gasteiger partial charge < -0.3 is 14.6 Å². The van der Waals surface area contributed by atoms with Gasteiger partial charge >= 0.3 is 0 Å². The van der Waals surface area contributed by atoms with Crippen LogP contribution in [-0.2, 0) is 0 Å². The zero-order chi connectivity index (χ0) is 16.9. The highest BCUT2D eigenvalue weighted by Crippen LogP contribution is 2.19. The van der Waals surface area contributed by atoms with Gasteiger partial charge in [-0.2, -0.15) is 4.98 Å². The van der Waals surface area contributed by atoms with Gasteiger partial charge in [0, 0.05) is 25.7 Å². The summed E-state index contributed by atoms with van der Waals surface area (Å²) < 4.78 is 11.1. The van der Waals surface area contributed by atoms with Gasteiger partial charge in [0.15, 0.2) is 5.82 Å². The number of piperazine rings is 1. The van der Waals surface area contributed by atoms with Crippen molar-refractivity contribution in [3.8, 4) is 5.75 Å². The second kappa shape index (κ2) is 7.59. The van der Waals surface area contributed by atoms with Crippen LogP contribution in [-0.4, -0.2) is 47.8 Å². The van der Waals surface area contributed by atoms with E-state index in [4.69, 9.17) is 9.26 Å². The van der Waals surface area contributed by atoms with E-state index < -0.39 is 0 Å². The molecule has 0 radical (unpaired) electrons. The summed E-state index contributed by atoms with van der Waals surface area (Å²) in [6.45, 7) is 6.84. The minimum absolute atomic E-state index is 0.156. The number of rotatable bonds is 5. The topological polar surface area (TPSA) is 63.4 Å². The van der Waals surface area contributed by atoms with Crippen molar-refractivity contribution in [1.29, 1.82) is 0 Å². The first-order chi connectivity index (χ1) is 11.6. The van der Waals surface area contributed by atoms with Crippen LogP contribution in [0.4, 0.5) is 0 Å². The summed E-state index contributed by atoms with van der Waals surface area (Å²) in [4.78, 5) is 6.73. The summed E-state index contributed by atoms with van der Waals surface area (Å²) in [5.74, 6) is 2.09. The number of nitrogens with one attached hydrogen (secondary N) is 1. The first-order valence-corrected chi connectivity index (χ1v) is 8.31. The van der Waals surface area contributed by atoms with Crippen molar-refractivity contribution in [2.75, 3.05) is 26.7 Å². The smallest absolute Gasteiger partial charge is 0.250 e. The molecule has 1 unspecified atom stereocenters. The van der Waals surface area contributed by atoms with Crippen LogP contribution in [0.25, 0.3) is 12.2 Å². The van der Waals surface area contributed by atoms with Crippen LogP contribution in [0.5, 0.6) is 5.75 Å². The molecule has 0 amide bonds. The Hall–Kier alpha value is -2.18. The Morgan fingerprint density at radius 3 is 3.04 bits per heavy atom. The molecule has 1 aliphatic rings. The second-order valence-electron chi connectivity index (χ2n) is 6.26. The summed E-state index contributed by atoms with van der Waals surface area (Å²) in [5, 5.41) is 7.47. The van der Waals surface area contributed by atoms with Gasteiger partial charge in [-0.25, -0.2) is 0 Å².